The first-order valence-corrected chi connectivity index (χ1v) is 9.64. The second-order valence-electron chi connectivity index (χ2n) is 6.49. The average molecular weight is 361 g/mol. The van der Waals surface area contributed by atoms with Gasteiger partial charge in [-0.1, -0.05) is 30.3 Å². The minimum Gasteiger partial charge on any atom is -0.495 e. The molecule has 1 aliphatic rings. The predicted octanol–water partition coefficient (Wildman–Crippen LogP) is 2.47. The van der Waals surface area contributed by atoms with Gasteiger partial charge in [0, 0.05) is 26.5 Å². The van der Waals surface area contributed by atoms with E-state index in [-0.39, 0.29) is 11.4 Å². The van der Waals surface area contributed by atoms with Crippen molar-refractivity contribution in [2.75, 3.05) is 20.8 Å². The largest absolute Gasteiger partial charge is 0.495 e. The van der Waals surface area contributed by atoms with Crippen LogP contribution in [0, 0.1) is 6.92 Å². The lowest BCUT2D eigenvalue weighted by atomic mass is 10.0. The molecule has 134 valence electrons. The molecule has 0 atom stereocenters. The number of benzene rings is 2. The quantitative estimate of drug-likeness (QED) is 0.858. The van der Waals surface area contributed by atoms with Gasteiger partial charge in [-0.25, -0.2) is 13.1 Å². The molecule has 6 heteroatoms. The van der Waals surface area contributed by atoms with E-state index in [1.807, 2.05) is 25.1 Å². The Hall–Kier alpha value is -1.89. The van der Waals surface area contributed by atoms with Gasteiger partial charge in [-0.15, -0.1) is 0 Å². The second kappa shape index (κ2) is 6.78. The molecule has 0 spiro atoms. The summed E-state index contributed by atoms with van der Waals surface area (Å²) in [5.74, 6) is 0.333. The van der Waals surface area contributed by atoms with Crippen LogP contribution in [0.1, 0.15) is 16.7 Å². The fraction of sp³-hybridized carbons (Fsp3) is 0.368. The fourth-order valence-electron chi connectivity index (χ4n) is 3.30. The van der Waals surface area contributed by atoms with Crippen LogP contribution in [0.5, 0.6) is 5.75 Å². The number of hydrogen-bond donors (Lipinski definition) is 1. The monoisotopic (exact) mass is 361 g/mol. The molecule has 0 unspecified atom stereocenters. The van der Waals surface area contributed by atoms with E-state index < -0.39 is 15.6 Å². The van der Waals surface area contributed by atoms with E-state index in [0.717, 1.165) is 5.56 Å². The highest BCUT2D eigenvalue weighted by molar-refractivity contribution is 7.89. The Labute approximate surface area is 149 Å². The van der Waals surface area contributed by atoms with Crippen LogP contribution in [0.4, 0.5) is 0 Å². The summed E-state index contributed by atoms with van der Waals surface area (Å²) in [4.78, 5) is 0.150. The number of fused-ring (bicyclic) bond motifs is 1. The smallest absolute Gasteiger partial charge is 0.244 e. The van der Waals surface area contributed by atoms with E-state index in [4.69, 9.17) is 9.47 Å². The second-order valence-corrected chi connectivity index (χ2v) is 8.22. The summed E-state index contributed by atoms with van der Waals surface area (Å²) in [5, 5.41) is 0. The van der Waals surface area contributed by atoms with Gasteiger partial charge in [0.2, 0.25) is 10.0 Å². The third-order valence-corrected chi connectivity index (χ3v) is 6.19. The topological polar surface area (TPSA) is 64.6 Å². The summed E-state index contributed by atoms with van der Waals surface area (Å²) in [6.45, 7) is 2.06. The summed E-state index contributed by atoms with van der Waals surface area (Å²) in [6, 6.07) is 13.2. The van der Waals surface area contributed by atoms with Gasteiger partial charge < -0.3 is 9.47 Å². The Morgan fingerprint density at radius 1 is 1.08 bits per heavy atom. The highest BCUT2D eigenvalue weighted by Crippen LogP contribution is 2.33. The number of sulfonamides is 1. The number of ether oxygens (including phenoxy) is 2. The zero-order valence-corrected chi connectivity index (χ0v) is 15.5. The van der Waals surface area contributed by atoms with Crippen LogP contribution in [0.3, 0.4) is 0 Å². The van der Waals surface area contributed by atoms with Crippen molar-refractivity contribution in [1.82, 2.24) is 4.72 Å². The van der Waals surface area contributed by atoms with Crippen LogP contribution in [-0.2, 0) is 27.6 Å². The Morgan fingerprint density at radius 2 is 1.72 bits per heavy atom. The molecule has 1 aliphatic carbocycles. The molecule has 2 aromatic rings. The molecule has 5 nitrogen and oxygen atoms in total. The summed E-state index contributed by atoms with van der Waals surface area (Å²) < 4.78 is 39.3. The van der Waals surface area contributed by atoms with Gasteiger partial charge in [0.1, 0.15) is 10.6 Å². The molecule has 0 amide bonds. The Kier molecular flexibility index (Phi) is 4.86. The highest BCUT2D eigenvalue weighted by atomic mass is 32.2. The van der Waals surface area contributed by atoms with Crippen molar-refractivity contribution in [2.45, 2.75) is 30.3 Å². The molecule has 0 bridgehead atoms. The van der Waals surface area contributed by atoms with Gasteiger partial charge in [-0.2, -0.15) is 0 Å². The predicted molar refractivity (Wildman–Crippen MR) is 96.5 cm³/mol. The summed E-state index contributed by atoms with van der Waals surface area (Å²) in [7, 11) is -0.605. The van der Waals surface area contributed by atoms with Gasteiger partial charge in [0.15, 0.2) is 0 Å². The molecule has 25 heavy (non-hydrogen) atoms. The van der Waals surface area contributed by atoms with Gasteiger partial charge in [-0.3, -0.25) is 0 Å². The van der Waals surface area contributed by atoms with E-state index in [0.29, 0.717) is 18.6 Å². The lowest BCUT2D eigenvalue weighted by Crippen LogP contribution is -2.45. The molecular formula is C19H23NO4S. The number of methoxy groups -OCH3 is 2. The van der Waals surface area contributed by atoms with Crippen LogP contribution in [-0.4, -0.2) is 34.8 Å². The van der Waals surface area contributed by atoms with Crippen molar-refractivity contribution in [3.63, 3.8) is 0 Å². The number of nitrogens with one attached hydrogen (secondary N) is 1. The van der Waals surface area contributed by atoms with Crippen LogP contribution in [0.2, 0.25) is 0 Å². The molecular weight excluding hydrogens is 338 g/mol. The molecule has 0 heterocycles. The molecule has 0 aromatic heterocycles. The van der Waals surface area contributed by atoms with Gasteiger partial charge in [0.25, 0.3) is 0 Å². The minimum atomic E-state index is -3.70. The van der Waals surface area contributed by atoms with E-state index >= 15 is 0 Å². The lowest BCUT2D eigenvalue weighted by Gasteiger charge is -2.28. The Morgan fingerprint density at radius 3 is 2.28 bits per heavy atom. The maximum atomic E-state index is 12.8. The minimum absolute atomic E-state index is 0.150. The average Bonchev–Trinajstić information content (AvgIpc) is 2.99. The van der Waals surface area contributed by atoms with Gasteiger partial charge in [-0.05, 0) is 35.7 Å². The lowest BCUT2D eigenvalue weighted by molar-refractivity contribution is 0.00377. The van der Waals surface area contributed by atoms with E-state index in [1.165, 1.54) is 18.2 Å². The fourth-order valence-corrected chi connectivity index (χ4v) is 4.66. The van der Waals surface area contributed by atoms with Gasteiger partial charge in [0.05, 0.1) is 12.7 Å². The first kappa shape index (κ1) is 17.9. The van der Waals surface area contributed by atoms with Crippen molar-refractivity contribution in [1.29, 1.82) is 0 Å². The summed E-state index contributed by atoms with van der Waals surface area (Å²) >= 11 is 0. The Bertz CT molecular complexity index is 852. The molecule has 3 rings (SSSR count). The SMILES string of the molecule is COc1ccc(C)cc1S(=O)(=O)NCC1(OC)Cc2ccccc2C1. The molecule has 2 aromatic carbocycles. The van der Waals surface area contributed by atoms with Crippen LogP contribution >= 0.6 is 0 Å². The van der Waals surface area contributed by atoms with Gasteiger partial charge >= 0.3 is 0 Å². The maximum absolute atomic E-state index is 12.8. The molecule has 0 saturated carbocycles. The highest BCUT2D eigenvalue weighted by Gasteiger charge is 2.38. The van der Waals surface area contributed by atoms with Crippen LogP contribution in [0.25, 0.3) is 0 Å². The third kappa shape index (κ3) is 3.56. The third-order valence-electron chi connectivity index (χ3n) is 4.77. The standard InChI is InChI=1S/C19H23NO4S/c1-14-8-9-17(23-2)18(10-14)25(21,22)20-13-19(24-3)11-15-6-4-5-7-16(15)12-19/h4-10,20H,11-13H2,1-3H3. The normalized spacial score (nSPS) is 15.8. The molecule has 0 saturated heterocycles. The van der Waals surface area contributed by atoms with E-state index in [1.54, 1.807) is 19.2 Å². The first-order valence-electron chi connectivity index (χ1n) is 8.15. The molecule has 0 radical (unpaired) electrons. The van der Waals surface area contributed by atoms with Crippen molar-refractivity contribution in [3.8, 4) is 5.75 Å². The number of aryl methyl sites for hydroxylation is 1. The zero-order valence-electron chi connectivity index (χ0n) is 14.7. The van der Waals surface area contributed by atoms with Crippen LogP contribution < -0.4 is 9.46 Å². The van der Waals surface area contributed by atoms with E-state index in [2.05, 4.69) is 16.9 Å². The molecule has 1 N–H and O–H groups in total. The van der Waals surface area contributed by atoms with Crippen molar-refractivity contribution in [3.05, 3.63) is 59.2 Å². The van der Waals surface area contributed by atoms with Crippen molar-refractivity contribution in [2.24, 2.45) is 0 Å². The summed E-state index contributed by atoms with van der Waals surface area (Å²) in [6.07, 6.45) is 1.38. The van der Waals surface area contributed by atoms with E-state index in [9.17, 15) is 8.42 Å². The maximum Gasteiger partial charge on any atom is 0.244 e. The van der Waals surface area contributed by atoms with Crippen molar-refractivity contribution < 1.29 is 17.9 Å². The van der Waals surface area contributed by atoms with Crippen LogP contribution in [0.15, 0.2) is 47.4 Å². The number of hydrogen-bond acceptors (Lipinski definition) is 4. The zero-order chi connectivity index (χ0) is 18.1. The molecule has 0 aliphatic heterocycles. The molecule has 0 fully saturated rings. The Balaban J connectivity index is 1.82. The summed E-state index contributed by atoms with van der Waals surface area (Å²) in [5.41, 5.74) is 2.71. The van der Waals surface area contributed by atoms with Crippen molar-refractivity contribution >= 4 is 10.0 Å². The first-order chi connectivity index (χ1) is 11.9. The number of rotatable bonds is 6.